The standard InChI is InChI=1S/C15H20N2O4S2/c1-20-7-8-22-15-13-5-4-12(10-14(13)16-11-17-15)21-6-3-9-23(2,18)19/h4-5,10-11H,3,6-9H2,1-2H3. The molecule has 2 rings (SSSR count). The molecule has 0 N–H and O–H groups in total. The van der Waals surface area contributed by atoms with Crippen molar-refractivity contribution < 1.29 is 17.9 Å². The highest BCUT2D eigenvalue weighted by atomic mass is 32.2. The van der Waals surface area contributed by atoms with Crippen molar-refractivity contribution in [3.8, 4) is 5.75 Å². The van der Waals surface area contributed by atoms with Gasteiger partial charge in [-0.25, -0.2) is 18.4 Å². The van der Waals surface area contributed by atoms with E-state index in [9.17, 15) is 8.42 Å². The van der Waals surface area contributed by atoms with E-state index >= 15 is 0 Å². The normalized spacial score (nSPS) is 11.7. The summed E-state index contributed by atoms with van der Waals surface area (Å²) in [5.74, 6) is 1.63. The minimum Gasteiger partial charge on any atom is -0.493 e. The van der Waals surface area contributed by atoms with Crippen LogP contribution in [0.25, 0.3) is 10.9 Å². The van der Waals surface area contributed by atoms with E-state index in [0.29, 0.717) is 25.4 Å². The summed E-state index contributed by atoms with van der Waals surface area (Å²) in [7, 11) is -1.27. The van der Waals surface area contributed by atoms with Crippen LogP contribution in [0.4, 0.5) is 0 Å². The number of nitrogens with zero attached hydrogens (tertiary/aromatic N) is 2. The van der Waals surface area contributed by atoms with Crippen LogP contribution in [0, 0.1) is 0 Å². The topological polar surface area (TPSA) is 78.4 Å². The molecule has 0 radical (unpaired) electrons. The lowest BCUT2D eigenvalue weighted by atomic mass is 10.2. The van der Waals surface area contributed by atoms with Crippen LogP contribution >= 0.6 is 11.8 Å². The molecule has 2 aromatic rings. The molecule has 0 spiro atoms. The molecule has 23 heavy (non-hydrogen) atoms. The van der Waals surface area contributed by atoms with Gasteiger partial charge in [0, 0.05) is 30.6 Å². The van der Waals surface area contributed by atoms with Crippen LogP contribution in [-0.4, -0.2) is 56.5 Å². The fourth-order valence-electron chi connectivity index (χ4n) is 1.95. The average molecular weight is 356 g/mol. The van der Waals surface area contributed by atoms with Gasteiger partial charge in [-0.15, -0.1) is 11.8 Å². The number of sulfone groups is 1. The van der Waals surface area contributed by atoms with Crippen LogP contribution in [0.15, 0.2) is 29.6 Å². The van der Waals surface area contributed by atoms with Gasteiger partial charge >= 0.3 is 0 Å². The average Bonchev–Trinajstić information content (AvgIpc) is 2.51. The number of fused-ring (bicyclic) bond motifs is 1. The molecular weight excluding hydrogens is 336 g/mol. The van der Waals surface area contributed by atoms with Crippen molar-refractivity contribution >= 4 is 32.5 Å². The Morgan fingerprint density at radius 2 is 2.04 bits per heavy atom. The maximum Gasteiger partial charge on any atom is 0.147 e. The van der Waals surface area contributed by atoms with Crippen molar-refractivity contribution in [1.29, 1.82) is 0 Å². The first-order valence-corrected chi connectivity index (χ1v) is 10.2. The number of hydrogen-bond donors (Lipinski definition) is 0. The number of aromatic nitrogens is 2. The van der Waals surface area contributed by atoms with Crippen molar-refractivity contribution in [2.24, 2.45) is 0 Å². The molecule has 0 aliphatic rings. The third-order valence-electron chi connectivity index (χ3n) is 3.03. The van der Waals surface area contributed by atoms with E-state index in [-0.39, 0.29) is 5.75 Å². The maximum atomic E-state index is 11.1. The fourth-order valence-corrected chi connectivity index (χ4v) is 3.49. The number of hydrogen-bond acceptors (Lipinski definition) is 7. The fraction of sp³-hybridized carbons (Fsp3) is 0.467. The van der Waals surface area contributed by atoms with Crippen LogP contribution in [0.2, 0.25) is 0 Å². The van der Waals surface area contributed by atoms with E-state index in [1.165, 1.54) is 12.6 Å². The smallest absolute Gasteiger partial charge is 0.147 e. The summed E-state index contributed by atoms with van der Waals surface area (Å²) in [6, 6.07) is 5.63. The van der Waals surface area contributed by atoms with Gasteiger partial charge in [-0.3, -0.25) is 0 Å². The molecule has 1 aromatic heterocycles. The van der Waals surface area contributed by atoms with Gasteiger partial charge in [-0.2, -0.15) is 0 Å². The molecule has 8 heteroatoms. The molecule has 0 atom stereocenters. The van der Waals surface area contributed by atoms with Gasteiger partial charge in [0.25, 0.3) is 0 Å². The molecule has 0 fully saturated rings. The van der Waals surface area contributed by atoms with E-state index in [2.05, 4.69) is 9.97 Å². The number of thioether (sulfide) groups is 1. The van der Waals surface area contributed by atoms with Gasteiger partial charge in [-0.1, -0.05) is 0 Å². The Bertz CT molecular complexity index is 750. The molecule has 0 unspecified atom stereocenters. The third-order valence-corrected chi connectivity index (χ3v) is 5.03. The van der Waals surface area contributed by atoms with Crippen LogP contribution in [-0.2, 0) is 14.6 Å². The van der Waals surface area contributed by atoms with Gasteiger partial charge in [0.1, 0.15) is 26.9 Å². The predicted octanol–water partition coefficient (Wildman–Crippen LogP) is 2.18. The highest BCUT2D eigenvalue weighted by molar-refractivity contribution is 7.99. The Labute approximate surface area is 140 Å². The van der Waals surface area contributed by atoms with Crippen molar-refractivity contribution in [3.05, 3.63) is 24.5 Å². The van der Waals surface area contributed by atoms with Crippen LogP contribution in [0.3, 0.4) is 0 Å². The molecule has 0 bridgehead atoms. The Morgan fingerprint density at radius 1 is 1.22 bits per heavy atom. The first-order chi connectivity index (χ1) is 11.0. The lowest BCUT2D eigenvalue weighted by Gasteiger charge is -2.08. The van der Waals surface area contributed by atoms with E-state index in [0.717, 1.165) is 21.7 Å². The number of rotatable bonds is 9. The van der Waals surface area contributed by atoms with Gasteiger partial charge < -0.3 is 9.47 Å². The summed E-state index contributed by atoms with van der Waals surface area (Å²) in [5, 5.41) is 1.88. The summed E-state index contributed by atoms with van der Waals surface area (Å²) >= 11 is 1.62. The van der Waals surface area contributed by atoms with Gasteiger partial charge in [-0.05, 0) is 18.6 Å². The highest BCUT2D eigenvalue weighted by Gasteiger charge is 2.07. The third kappa shape index (κ3) is 5.96. The van der Waals surface area contributed by atoms with Crippen molar-refractivity contribution in [2.75, 3.05) is 38.1 Å². The first kappa shape index (κ1) is 18.0. The van der Waals surface area contributed by atoms with E-state index in [1.54, 1.807) is 18.9 Å². The molecule has 0 saturated carbocycles. The Balaban J connectivity index is 2.01. The second kappa shape index (κ2) is 8.47. The molecule has 6 nitrogen and oxygen atoms in total. The molecular formula is C15H20N2O4S2. The van der Waals surface area contributed by atoms with E-state index in [4.69, 9.17) is 9.47 Å². The zero-order valence-corrected chi connectivity index (χ0v) is 14.8. The highest BCUT2D eigenvalue weighted by Crippen LogP contribution is 2.27. The van der Waals surface area contributed by atoms with E-state index < -0.39 is 9.84 Å². The number of benzene rings is 1. The summed E-state index contributed by atoms with van der Waals surface area (Å²) in [6.45, 7) is 1.02. The SMILES string of the molecule is COCCSc1ncnc2cc(OCCCS(C)(=O)=O)ccc12. The quantitative estimate of drug-likeness (QED) is 0.387. The minimum atomic E-state index is -2.94. The molecule has 0 aliphatic heterocycles. The molecule has 0 amide bonds. The van der Waals surface area contributed by atoms with Gasteiger partial charge in [0.15, 0.2) is 0 Å². The lowest BCUT2D eigenvalue weighted by Crippen LogP contribution is -2.08. The second-order valence-corrected chi connectivity index (χ2v) is 8.37. The molecule has 126 valence electrons. The molecule has 1 heterocycles. The van der Waals surface area contributed by atoms with Crippen molar-refractivity contribution in [2.45, 2.75) is 11.4 Å². The lowest BCUT2D eigenvalue weighted by molar-refractivity contribution is 0.218. The van der Waals surface area contributed by atoms with Gasteiger partial charge in [0.2, 0.25) is 0 Å². The summed E-state index contributed by atoms with van der Waals surface area (Å²) < 4.78 is 32.8. The zero-order valence-electron chi connectivity index (χ0n) is 13.2. The van der Waals surface area contributed by atoms with Crippen LogP contribution in [0.1, 0.15) is 6.42 Å². The first-order valence-electron chi connectivity index (χ1n) is 7.16. The Kier molecular flexibility index (Phi) is 6.61. The summed E-state index contributed by atoms with van der Waals surface area (Å²) in [6.07, 6.45) is 3.23. The number of ether oxygens (including phenoxy) is 2. The zero-order chi connectivity index (χ0) is 16.7. The second-order valence-electron chi connectivity index (χ2n) is 5.03. The number of methoxy groups -OCH3 is 1. The predicted molar refractivity (Wildman–Crippen MR) is 92.0 cm³/mol. The molecule has 1 aromatic carbocycles. The van der Waals surface area contributed by atoms with E-state index in [1.807, 2.05) is 18.2 Å². The maximum absolute atomic E-state index is 11.1. The van der Waals surface area contributed by atoms with Crippen molar-refractivity contribution in [3.63, 3.8) is 0 Å². The molecule has 0 aliphatic carbocycles. The summed E-state index contributed by atoms with van der Waals surface area (Å²) in [4.78, 5) is 8.57. The Morgan fingerprint density at radius 3 is 2.78 bits per heavy atom. The molecule has 0 saturated heterocycles. The van der Waals surface area contributed by atoms with Crippen LogP contribution in [0.5, 0.6) is 5.75 Å². The van der Waals surface area contributed by atoms with Crippen molar-refractivity contribution in [1.82, 2.24) is 9.97 Å². The summed E-state index contributed by atoms with van der Waals surface area (Å²) in [5.41, 5.74) is 0.806. The monoisotopic (exact) mass is 356 g/mol. The van der Waals surface area contributed by atoms with Crippen LogP contribution < -0.4 is 4.74 Å². The largest absolute Gasteiger partial charge is 0.493 e. The van der Waals surface area contributed by atoms with Gasteiger partial charge in [0.05, 0.1) is 24.5 Å². The minimum absolute atomic E-state index is 0.128. The Hall–Kier alpha value is -1.38.